The molecule has 5 nitrogen and oxygen atoms in total. The molecule has 3 heterocycles. The van der Waals surface area contributed by atoms with E-state index in [1.54, 1.807) is 16.4 Å². The maximum atomic E-state index is 12.6. The van der Waals surface area contributed by atoms with Crippen LogP contribution >= 0.6 is 0 Å². The monoisotopic (exact) mass is 281 g/mol. The van der Waals surface area contributed by atoms with Crippen molar-refractivity contribution in [2.45, 2.75) is 42.7 Å². The van der Waals surface area contributed by atoms with E-state index in [0.29, 0.717) is 11.5 Å². The summed E-state index contributed by atoms with van der Waals surface area (Å²) in [5, 5.41) is 0. The van der Waals surface area contributed by atoms with Crippen LogP contribution < -0.4 is 0 Å². The second-order valence-corrected chi connectivity index (χ2v) is 7.24. The van der Waals surface area contributed by atoms with Crippen molar-refractivity contribution in [3.8, 4) is 0 Å². The third-order valence-corrected chi connectivity index (χ3v) is 6.01. The molecule has 1 aromatic carbocycles. The average molecular weight is 281 g/mol. The molecule has 0 radical (unpaired) electrons. The van der Waals surface area contributed by atoms with Gasteiger partial charge in [-0.25, -0.2) is 8.42 Å². The molecule has 3 aliphatic heterocycles. The summed E-state index contributed by atoms with van der Waals surface area (Å²) in [6, 6.07) is 6.88. The van der Waals surface area contributed by atoms with Crippen LogP contribution in [-0.4, -0.2) is 43.8 Å². The molecule has 6 heteroatoms. The Morgan fingerprint density at radius 1 is 1.26 bits per heavy atom. The van der Waals surface area contributed by atoms with Crippen LogP contribution in [0.2, 0.25) is 0 Å². The Morgan fingerprint density at radius 3 is 2.74 bits per heavy atom. The number of sulfonamides is 1. The molecule has 0 N–H and O–H groups in total. The summed E-state index contributed by atoms with van der Waals surface area (Å²) < 4.78 is 37.8. The highest BCUT2D eigenvalue weighted by atomic mass is 32.2. The van der Waals surface area contributed by atoms with Gasteiger partial charge < -0.3 is 9.47 Å². The summed E-state index contributed by atoms with van der Waals surface area (Å²) in [7, 11) is -3.41. The third kappa shape index (κ3) is 1.67. The molecule has 1 unspecified atom stereocenters. The van der Waals surface area contributed by atoms with Gasteiger partial charge in [-0.05, 0) is 25.5 Å². The lowest BCUT2D eigenvalue weighted by molar-refractivity contribution is -0.0717. The first-order valence-electron chi connectivity index (χ1n) is 6.44. The molecule has 2 bridgehead atoms. The average Bonchev–Trinajstić information content (AvgIpc) is 2.99. The highest BCUT2D eigenvalue weighted by Crippen LogP contribution is 2.47. The summed E-state index contributed by atoms with van der Waals surface area (Å²) in [6.45, 7) is 2.53. The summed E-state index contributed by atoms with van der Waals surface area (Å²) in [5.74, 6) is 0. The zero-order chi connectivity index (χ0) is 13.2. The van der Waals surface area contributed by atoms with Crippen molar-refractivity contribution >= 4 is 10.0 Å². The molecule has 0 spiro atoms. The van der Waals surface area contributed by atoms with Crippen molar-refractivity contribution in [3.05, 3.63) is 29.8 Å². The van der Waals surface area contributed by atoms with Crippen LogP contribution in [0.5, 0.6) is 0 Å². The van der Waals surface area contributed by atoms with E-state index in [-0.39, 0.29) is 24.5 Å². The molecule has 102 valence electrons. The Morgan fingerprint density at radius 2 is 2.00 bits per heavy atom. The van der Waals surface area contributed by atoms with Gasteiger partial charge in [-0.1, -0.05) is 17.7 Å². The number of ether oxygens (including phenoxy) is 2. The zero-order valence-corrected chi connectivity index (χ0v) is 11.3. The predicted octanol–water partition coefficient (Wildman–Crippen LogP) is 0.882. The van der Waals surface area contributed by atoms with Gasteiger partial charge in [-0.3, -0.25) is 0 Å². The van der Waals surface area contributed by atoms with E-state index in [1.807, 2.05) is 19.1 Å². The van der Waals surface area contributed by atoms with Crippen molar-refractivity contribution in [3.63, 3.8) is 0 Å². The highest BCUT2D eigenvalue weighted by molar-refractivity contribution is 7.89. The molecule has 3 saturated heterocycles. The predicted molar refractivity (Wildman–Crippen MR) is 67.0 cm³/mol. The van der Waals surface area contributed by atoms with Crippen LogP contribution in [0.25, 0.3) is 0 Å². The van der Waals surface area contributed by atoms with Crippen molar-refractivity contribution < 1.29 is 17.9 Å². The number of benzene rings is 1. The Labute approximate surface area is 112 Å². The summed E-state index contributed by atoms with van der Waals surface area (Å²) >= 11 is 0. The van der Waals surface area contributed by atoms with E-state index in [0.717, 1.165) is 12.0 Å². The minimum absolute atomic E-state index is 0.0533. The van der Waals surface area contributed by atoms with Gasteiger partial charge in [0, 0.05) is 6.04 Å². The fraction of sp³-hybridized carbons (Fsp3) is 0.538. The Bertz CT molecular complexity index is 612. The molecule has 3 aliphatic rings. The highest BCUT2D eigenvalue weighted by Gasteiger charge is 2.65. The molecule has 3 fully saturated rings. The maximum absolute atomic E-state index is 12.6. The molecule has 0 amide bonds. The lowest BCUT2D eigenvalue weighted by atomic mass is 10.1. The number of hydrogen-bond donors (Lipinski definition) is 0. The third-order valence-electron chi connectivity index (χ3n) is 4.08. The maximum Gasteiger partial charge on any atom is 0.243 e. The largest absolute Gasteiger partial charge is 0.348 e. The number of fused-ring (bicyclic) bond motifs is 4. The van der Waals surface area contributed by atoms with Crippen LogP contribution in [0, 0.1) is 6.92 Å². The van der Waals surface area contributed by atoms with Crippen molar-refractivity contribution in [1.29, 1.82) is 0 Å². The zero-order valence-electron chi connectivity index (χ0n) is 10.5. The smallest absolute Gasteiger partial charge is 0.243 e. The topological polar surface area (TPSA) is 55.6 Å². The first-order valence-corrected chi connectivity index (χ1v) is 7.89. The summed E-state index contributed by atoms with van der Waals surface area (Å²) in [6.07, 6.45) is 0.431. The molecular formula is C13H15NO4S. The number of hydrogen-bond acceptors (Lipinski definition) is 4. The first kappa shape index (κ1) is 11.8. The summed E-state index contributed by atoms with van der Waals surface area (Å²) in [4.78, 5) is 0.350. The minimum atomic E-state index is -3.41. The lowest BCUT2D eigenvalue weighted by Crippen LogP contribution is -2.26. The normalized spacial score (nSPS) is 39.9. The SMILES string of the molecule is Cc1ccc(S(=O)(=O)N2[C@@H]3[C@@H]4OC[C@H](C[C@@H]32)O4)cc1. The second kappa shape index (κ2) is 3.79. The molecular weight excluding hydrogens is 266 g/mol. The van der Waals surface area contributed by atoms with E-state index in [2.05, 4.69) is 0 Å². The molecule has 19 heavy (non-hydrogen) atoms. The summed E-state index contributed by atoms with van der Waals surface area (Å²) in [5.41, 5.74) is 1.05. The van der Waals surface area contributed by atoms with Gasteiger partial charge in [0.05, 0.1) is 23.6 Å². The van der Waals surface area contributed by atoms with Gasteiger partial charge in [0.15, 0.2) is 6.29 Å². The molecule has 0 aromatic heterocycles. The van der Waals surface area contributed by atoms with Crippen LogP contribution in [-0.2, 0) is 19.5 Å². The van der Waals surface area contributed by atoms with Gasteiger partial charge in [-0.2, -0.15) is 4.31 Å². The van der Waals surface area contributed by atoms with Gasteiger partial charge >= 0.3 is 0 Å². The van der Waals surface area contributed by atoms with Crippen molar-refractivity contribution in [2.24, 2.45) is 0 Å². The van der Waals surface area contributed by atoms with E-state index in [1.165, 1.54) is 0 Å². The number of aryl methyl sites for hydroxylation is 1. The van der Waals surface area contributed by atoms with E-state index >= 15 is 0 Å². The van der Waals surface area contributed by atoms with Gasteiger partial charge in [0.1, 0.15) is 0 Å². The van der Waals surface area contributed by atoms with E-state index < -0.39 is 10.0 Å². The molecule has 4 rings (SSSR count). The van der Waals surface area contributed by atoms with Crippen LogP contribution in [0.15, 0.2) is 29.2 Å². The molecule has 1 aromatic rings. The Hall–Kier alpha value is -0.950. The quantitative estimate of drug-likeness (QED) is 0.755. The Kier molecular flexibility index (Phi) is 2.36. The van der Waals surface area contributed by atoms with Crippen molar-refractivity contribution in [1.82, 2.24) is 4.31 Å². The lowest BCUT2D eigenvalue weighted by Gasteiger charge is -2.13. The fourth-order valence-corrected chi connectivity index (χ4v) is 4.83. The Balaban J connectivity index is 1.65. The van der Waals surface area contributed by atoms with Crippen LogP contribution in [0.1, 0.15) is 12.0 Å². The standard InChI is InChI=1S/C13H15NO4S/c1-8-2-4-10(5-3-8)19(15,16)14-11-6-9-7-17-13(18-9)12(11)14/h2-5,9,11-13H,6-7H2,1H3/t9-,11-,12-,13+,14?/m0/s1. The van der Waals surface area contributed by atoms with Crippen LogP contribution in [0.4, 0.5) is 0 Å². The second-order valence-electron chi connectivity index (χ2n) is 5.40. The van der Waals surface area contributed by atoms with Gasteiger partial charge in [0.2, 0.25) is 10.0 Å². The van der Waals surface area contributed by atoms with Gasteiger partial charge in [-0.15, -0.1) is 0 Å². The van der Waals surface area contributed by atoms with Crippen LogP contribution in [0.3, 0.4) is 0 Å². The van der Waals surface area contributed by atoms with E-state index in [9.17, 15) is 8.42 Å². The fourth-order valence-electron chi connectivity index (χ4n) is 3.03. The van der Waals surface area contributed by atoms with Crippen molar-refractivity contribution in [2.75, 3.05) is 6.61 Å². The molecule has 0 saturated carbocycles. The first-order chi connectivity index (χ1) is 9.07. The van der Waals surface area contributed by atoms with E-state index in [4.69, 9.17) is 9.47 Å². The number of rotatable bonds is 2. The number of nitrogens with zero attached hydrogens (tertiary/aromatic N) is 1. The van der Waals surface area contributed by atoms with Gasteiger partial charge in [0.25, 0.3) is 0 Å². The minimum Gasteiger partial charge on any atom is -0.348 e. The molecule has 5 atom stereocenters. The molecule has 0 aliphatic carbocycles.